The van der Waals surface area contributed by atoms with Gasteiger partial charge >= 0.3 is 0 Å². The Morgan fingerprint density at radius 1 is 1.20 bits per heavy atom. The molecule has 25 heavy (non-hydrogen) atoms. The summed E-state index contributed by atoms with van der Waals surface area (Å²) in [5.74, 6) is 1.33. The topological polar surface area (TPSA) is 74.5 Å². The highest BCUT2D eigenvalue weighted by molar-refractivity contribution is 5.59. The Labute approximate surface area is 147 Å². The number of aromatic nitrogens is 5. The van der Waals surface area contributed by atoms with Crippen molar-refractivity contribution in [1.82, 2.24) is 24.8 Å². The molecule has 1 aromatic carbocycles. The zero-order valence-corrected chi connectivity index (χ0v) is 14.5. The molecule has 0 unspecified atom stereocenters. The molecular weight excluding hydrogens is 312 g/mol. The summed E-state index contributed by atoms with van der Waals surface area (Å²) in [6, 6.07) is 10.8. The van der Waals surface area contributed by atoms with E-state index in [1.165, 1.54) is 24.8 Å². The zero-order chi connectivity index (χ0) is 17.2. The molecule has 130 valence electrons. The number of benzene rings is 1. The minimum Gasteiger partial charge on any atom is -0.325 e. The molecule has 0 radical (unpaired) electrons. The molecule has 1 fully saturated rings. The Morgan fingerprint density at radius 2 is 2.04 bits per heavy atom. The van der Waals surface area contributed by atoms with Gasteiger partial charge < -0.3 is 5.73 Å². The van der Waals surface area contributed by atoms with E-state index in [-0.39, 0.29) is 0 Å². The quantitative estimate of drug-likeness (QED) is 0.777. The molecule has 0 saturated heterocycles. The molecule has 4 rings (SSSR count). The van der Waals surface area contributed by atoms with Crippen molar-refractivity contribution < 1.29 is 0 Å². The van der Waals surface area contributed by atoms with Gasteiger partial charge in [0.2, 0.25) is 0 Å². The van der Waals surface area contributed by atoms with Crippen molar-refractivity contribution in [1.29, 1.82) is 0 Å². The maximum atomic E-state index is 5.83. The Bertz CT molecular complexity index is 835. The molecule has 2 N–H and O–H groups in total. The smallest absolute Gasteiger partial charge is 0.116 e. The van der Waals surface area contributed by atoms with Crippen LogP contribution in [0.15, 0.2) is 42.7 Å². The molecule has 0 spiro atoms. The Balaban J connectivity index is 1.44. The summed E-state index contributed by atoms with van der Waals surface area (Å²) >= 11 is 0. The normalized spacial score (nSPS) is 20.2. The van der Waals surface area contributed by atoms with Gasteiger partial charge in [0.05, 0.1) is 18.1 Å². The molecule has 2 heterocycles. The fourth-order valence-electron chi connectivity index (χ4n) is 3.96. The zero-order valence-electron chi connectivity index (χ0n) is 14.5. The Kier molecular flexibility index (Phi) is 4.36. The van der Waals surface area contributed by atoms with Crippen LogP contribution in [-0.4, -0.2) is 24.8 Å². The molecular formula is C19H24N6. The van der Waals surface area contributed by atoms with Crippen molar-refractivity contribution in [3.05, 3.63) is 54.0 Å². The molecule has 1 aliphatic rings. The van der Waals surface area contributed by atoms with Crippen molar-refractivity contribution in [2.24, 2.45) is 18.7 Å². The SMILES string of the molecule is Cn1ncc(-c2cn(C[C@@H]3CC[C@@H](c4ccccc4)C3)nn2)c1CN. The highest BCUT2D eigenvalue weighted by Crippen LogP contribution is 2.38. The van der Waals surface area contributed by atoms with E-state index < -0.39 is 0 Å². The van der Waals surface area contributed by atoms with E-state index in [0.29, 0.717) is 18.4 Å². The summed E-state index contributed by atoms with van der Waals surface area (Å²) < 4.78 is 3.77. The van der Waals surface area contributed by atoms with Crippen LogP contribution in [0, 0.1) is 5.92 Å². The van der Waals surface area contributed by atoms with Crippen LogP contribution in [0.1, 0.15) is 36.4 Å². The summed E-state index contributed by atoms with van der Waals surface area (Å²) in [5, 5.41) is 12.9. The molecule has 1 saturated carbocycles. The molecule has 1 aliphatic carbocycles. The van der Waals surface area contributed by atoms with Crippen molar-refractivity contribution in [3.63, 3.8) is 0 Å². The highest BCUT2D eigenvalue weighted by Gasteiger charge is 2.26. The van der Waals surface area contributed by atoms with Gasteiger partial charge in [-0.15, -0.1) is 5.10 Å². The van der Waals surface area contributed by atoms with Gasteiger partial charge in [0.25, 0.3) is 0 Å². The average Bonchev–Trinajstić information content (AvgIpc) is 3.36. The van der Waals surface area contributed by atoms with E-state index in [1.807, 2.05) is 24.1 Å². The minimum atomic E-state index is 0.445. The second-order valence-electron chi connectivity index (χ2n) is 6.95. The first kappa shape index (κ1) is 16.0. The summed E-state index contributed by atoms with van der Waals surface area (Å²) in [6.45, 7) is 1.37. The second kappa shape index (κ2) is 6.80. The summed E-state index contributed by atoms with van der Waals surface area (Å²) in [7, 11) is 1.90. The van der Waals surface area contributed by atoms with Crippen molar-refractivity contribution in [3.8, 4) is 11.3 Å². The van der Waals surface area contributed by atoms with Gasteiger partial charge in [-0.25, -0.2) is 0 Å². The van der Waals surface area contributed by atoms with E-state index in [1.54, 1.807) is 4.68 Å². The third-order valence-corrected chi connectivity index (χ3v) is 5.33. The molecule has 0 bridgehead atoms. The lowest BCUT2D eigenvalue weighted by molar-refractivity contribution is 0.417. The van der Waals surface area contributed by atoms with Crippen molar-refractivity contribution in [2.75, 3.05) is 0 Å². The monoisotopic (exact) mass is 336 g/mol. The number of aryl methyl sites for hydroxylation is 1. The molecule has 0 aliphatic heterocycles. The molecule has 0 amide bonds. The fraction of sp³-hybridized carbons (Fsp3) is 0.421. The number of hydrogen-bond acceptors (Lipinski definition) is 4. The van der Waals surface area contributed by atoms with E-state index in [0.717, 1.165) is 23.5 Å². The fourth-order valence-corrected chi connectivity index (χ4v) is 3.96. The van der Waals surface area contributed by atoms with Crippen molar-refractivity contribution in [2.45, 2.75) is 38.3 Å². The van der Waals surface area contributed by atoms with Gasteiger partial charge in [-0.1, -0.05) is 35.5 Å². The number of nitrogens with zero attached hydrogens (tertiary/aromatic N) is 5. The van der Waals surface area contributed by atoms with E-state index in [2.05, 4.69) is 45.7 Å². The first-order valence-electron chi connectivity index (χ1n) is 8.91. The average molecular weight is 336 g/mol. The van der Waals surface area contributed by atoms with Crippen LogP contribution in [-0.2, 0) is 20.1 Å². The predicted molar refractivity (Wildman–Crippen MR) is 96.6 cm³/mol. The van der Waals surface area contributed by atoms with Crippen LogP contribution in [0.3, 0.4) is 0 Å². The van der Waals surface area contributed by atoms with Crippen LogP contribution in [0.5, 0.6) is 0 Å². The maximum Gasteiger partial charge on any atom is 0.116 e. The number of hydrogen-bond donors (Lipinski definition) is 1. The van der Waals surface area contributed by atoms with Gasteiger partial charge in [0.15, 0.2) is 0 Å². The van der Waals surface area contributed by atoms with Crippen LogP contribution in [0.2, 0.25) is 0 Å². The Morgan fingerprint density at radius 3 is 2.84 bits per heavy atom. The summed E-state index contributed by atoms with van der Waals surface area (Å²) in [5.41, 5.74) is 10.1. The lowest BCUT2D eigenvalue weighted by Crippen LogP contribution is -2.08. The van der Waals surface area contributed by atoms with Gasteiger partial charge in [-0.05, 0) is 36.7 Å². The molecule has 6 heteroatoms. The predicted octanol–water partition coefficient (Wildman–Crippen LogP) is 2.72. The third kappa shape index (κ3) is 3.22. The first-order chi connectivity index (χ1) is 12.2. The second-order valence-corrected chi connectivity index (χ2v) is 6.95. The van der Waals surface area contributed by atoms with Gasteiger partial charge in [-0.2, -0.15) is 5.10 Å². The standard InChI is InChI=1S/C19H24N6/c1-24-19(10-20)17(11-21-24)18-13-25(23-22-18)12-14-7-8-16(9-14)15-5-3-2-4-6-15/h2-6,11,13-14,16H,7-10,12,20H2,1H3/t14-,16-/m1/s1. The number of nitrogens with two attached hydrogens (primary N) is 1. The van der Waals surface area contributed by atoms with Gasteiger partial charge in [0, 0.05) is 25.7 Å². The van der Waals surface area contributed by atoms with Gasteiger partial charge in [0.1, 0.15) is 5.69 Å². The minimum absolute atomic E-state index is 0.445. The van der Waals surface area contributed by atoms with Crippen LogP contribution in [0.4, 0.5) is 0 Å². The molecule has 3 aromatic rings. The first-order valence-corrected chi connectivity index (χ1v) is 8.91. The van der Waals surface area contributed by atoms with E-state index >= 15 is 0 Å². The molecule has 2 atom stereocenters. The highest BCUT2D eigenvalue weighted by atomic mass is 15.4. The maximum absolute atomic E-state index is 5.83. The third-order valence-electron chi connectivity index (χ3n) is 5.33. The van der Waals surface area contributed by atoms with Crippen LogP contribution >= 0.6 is 0 Å². The molecule has 2 aromatic heterocycles. The summed E-state index contributed by atoms with van der Waals surface area (Å²) in [6.07, 6.45) is 7.57. The van der Waals surface area contributed by atoms with E-state index in [4.69, 9.17) is 5.73 Å². The van der Waals surface area contributed by atoms with Crippen molar-refractivity contribution >= 4 is 0 Å². The van der Waals surface area contributed by atoms with Crippen LogP contribution in [0.25, 0.3) is 11.3 Å². The lowest BCUT2D eigenvalue weighted by atomic mass is 9.96. The van der Waals surface area contributed by atoms with Gasteiger partial charge in [-0.3, -0.25) is 9.36 Å². The lowest BCUT2D eigenvalue weighted by Gasteiger charge is -2.11. The molecule has 6 nitrogen and oxygen atoms in total. The van der Waals surface area contributed by atoms with Crippen LogP contribution < -0.4 is 5.73 Å². The largest absolute Gasteiger partial charge is 0.325 e. The number of rotatable bonds is 5. The van der Waals surface area contributed by atoms with E-state index in [9.17, 15) is 0 Å². The Hall–Kier alpha value is -2.47. The summed E-state index contributed by atoms with van der Waals surface area (Å²) in [4.78, 5) is 0.